The molecule has 6 heteroatoms. The molecule has 0 spiro atoms. The van der Waals surface area contributed by atoms with Gasteiger partial charge in [-0.15, -0.1) is 0 Å². The minimum Gasteiger partial charge on any atom is -0.348 e. The number of hydrogen-bond acceptors (Lipinski definition) is 3. The van der Waals surface area contributed by atoms with Gasteiger partial charge in [-0.2, -0.15) is 0 Å². The Balaban J connectivity index is 1.79. The number of nitrogens with one attached hydrogen (secondary N) is 2. The zero-order valence-electron chi connectivity index (χ0n) is 16.7. The summed E-state index contributed by atoms with van der Waals surface area (Å²) in [5.41, 5.74) is 4.43. The number of carbonyl (C=O) groups is 1. The van der Waals surface area contributed by atoms with Gasteiger partial charge in [-0.05, 0) is 61.7 Å². The first-order chi connectivity index (χ1) is 13.7. The minimum atomic E-state index is -3.82. The van der Waals surface area contributed by atoms with Gasteiger partial charge >= 0.3 is 0 Å². The van der Waals surface area contributed by atoms with E-state index in [1.165, 1.54) is 6.07 Å². The lowest BCUT2D eigenvalue weighted by Crippen LogP contribution is -2.23. The standard InChI is InChI=1S/C23H24N2O3S/c1-16-7-10-19(11-8-16)15-24-23(26)20-12-9-18(3)22(14-20)29(27,28)25-21-6-4-5-17(2)13-21/h4-14,25H,15H2,1-3H3,(H,24,26). The molecule has 0 heterocycles. The number of carbonyl (C=O) groups excluding carboxylic acids is 1. The van der Waals surface area contributed by atoms with Crippen LogP contribution in [0.3, 0.4) is 0 Å². The molecule has 0 aliphatic carbocycles. The molecule has 150 valence electrons. The third kappa shape index (κ3) is 5.23. The molecule has 3 aromatic carbocycles. The second-order valence-corrected chi connectivity index (χ2v) is 8.77. The third-order valence-electron chi connectivity index (χ3n) is 4.58. The average Bonchev–Trinajstić information content (AvgIpc) is 2.67. The Kier molecular flexibility index (Phi) is 6.03. The highest BCUT2D eigenvalue weighted by Crippen LogP contribution is 2.21. The number of sulfonamides is 1. The van der Waals surface area contributed by atoms with Gasteiger partial charge in [-0.1, -0.05) is 48.0 Å². The molecule has 0 bridgehead atoms. The van der Waals surface area contributed by atoms with Crippen LogP contribution in [0.25, 0.3) is 0 Å². The van der Waals surface area contributed by atoms with Gasteiger partial charge in [0, 0.05) is 17.8 Å². The number of amides is 1. The summed E-state index contributed by atoms with van der Waals surface area (Å²) in [7, 11) is -3.82. The van der Waals surface area contributed by atoms with Gasteiger partial charge < -0.3 is 5.32 Å². The fraction of sp³-hybridized carbons (Fsp3) is 0.174. The summed E-state index contributed by atoms with van der Waals surface area (Å²) >= 11 is 0. The van der Waals surface area contributed by atoms with Gasteiger partial charge in [-0.3, -0.25) is 9.52 Å². The maximum absolute atomic E-state index is 12.9. The van der Waals surface area contributed by atoms with Crippen LogP contribution in [0.2, 0.25) is 0 Å². The zero-order chi connectivity index (χ0) is 21.0. The molecule has 1 amide bonds. The largest absolute Gasteiger partial charge is 0.348 e. The van der Waals surface area contributed by atoms with Gasteiger partial charge in [0.15, 0.2) is 0 Å². The molecule has 0 fully saturated rings. The van der Waals surface area contributed by atoms with E-state index in [1.807, 2.05) is 44.2 Å². The molecule has 0 radical (unpaired) electrons. The van der Waals surface area contributed by atoms with Crippen molar-refractivity contribution in [3.63, 3.8) is 0 Å². The van der Waals surface area contributed by atoms with E-state index < -0.39 is 10.0 Å². The fourth-order valence-electron chi connectivity index (χ4n) is 2.94. The van der Waals surface area contributed by atoms with Crippen molar-refractivity contribution in [1.29, 1.82) is 0 Å². The van der Waals surface area contributed by atoms with Crippen LogP contribution in [0.5, 0.6) is 0 Å². The summed E-state index contributed by atoms with van der Waals surface area (Å²) in [6.07, 6.45) is 0. The molecule has 0 aliphatic heterocycles. The normalized spacial score (nSPS) is 11.1. The van der Waals surface area contributed by atoms with E-state index >= 15 is 0 Å². The first-order valence-corrected chi connectivity index (χ1v) is 10.8. The van der Waals surface area contributed by atoms with Gasteiger partial charge in [0.25, 0.3) is 15.9 Å². The Bertz CT molecular complexity index is 1140. The molecule has 0 aromatic heterocycles. The van der Waals surface area contributed by atoms with Gasteiger partial charge in [0.05, 0.1) is 4.90 Å². The molecule has 5 nitrogen and oxygen atoms in total. The number of rotatable bonds is 6. The quantitative estimate of drug-likeness (QED) is 0.637. The molecular formula is C23H24N2O3S. The predicted octanol–water partition coefficient (Wildman–Crippen LogP) is 4.34. The topological polar surface area (TPSA) is 75.3 Å². The summed E-state index contributed by atoms with van der Waals surface area (Å²) in [4.78, 5) is 12.6. The number of hydrogen-bond donors (Lipinski definition) is 2. The molecule has 0 unspecified atom stereocenters. The molecule has 3 rings (SSSR count). The summed E-state index contributed by atoms with van der Waals surface area (Å²) in [5.74, 6) is -0.322. The second kappa shape index (κ2) is 8.49. The monoisotopic (exact) mass is 408 g/mol. The van der Waals surface area contributed by atoms with Crippen molar-refractivity contribution in [3.05, 3.63) is 94.5 Å². The van der Waals surface area contributed by atoms with Crippen LogP contribution >= 0.6 is 0 Å². The first kappa shape index (κ1) is 20.6. The van der Waals surface area contributed by atoms with Crippen molar-refractivity contribution in [3.8, 4) is 0 Å². The van der Waals surface area contributed by atoms with Gasteiger partial charge in [0.2, 0.25) is 0 Å². The van der Waals surface area contributed by atoms with E-state index in [1.54, 1.807) is 37.3 Å². The van der Waals surface area contributed by atoms with Gasteiger partial charge in [-0.25, -0.2) is 8.42 Å². The highest BCUT2D eigenvalue weighted by atomic mass is 32.2. The molecule has 0 aliphatic rings. The summed E-state index contributed by atoms with van der Waals surface area (Å²) in [6, 6.07) is 19.7. The maximum Gasteiger partial charge on any atom is 0.262 e. The predicted molar refractivity (Wildman–Crippen MR) is 116 cm³/mol. The second-order valence-electron chi connectivity index (χ2n) is 7.12. The fourth-order valence-corrected chi connectivity index (χ4v) is 4.26. The van der Waals surface area contributed by atoms with Crippen molar-refractivity contribution >= 4 is 21.6 Å². The first-order valence-electron chi connectivity index (χ1n) is 9.28. The lowest BCUT2D eigenvalue weighted by molar-refractivity contribution is 0.0950. The van der Waals surface area contributed by atoms with E-state index in [9.17, 15) is 13.2 Å². The van der Waals surface area contributed by atoms with Crippen LogP contribution in [0.4, 0.5) is 5.69 Å². The van der Waals surface area contributed by atoms with E-state index in [-0.39, 0.29) is 10.8 Å². The van der Waals surface area contributed by atoms with Crippen molar-refractivity contribution in [1.82, 2.24) is 5.32 Å². The lowest BCUT2D eigenvalue weighted by Gasteiger charge is -2.13. The summed E-state index contributed by atoms with van der Waals surface area (Å²) in [5, 5.41) is 2.84. The van der Waals surface area contributed by atoms with Crippen molar-refractivity contribution < 1.29 is 13.2 Å². The average molecular weight is 409 g/mol. The minimum absolute atomic E-state index is 0.0852. The van der Waals surface area contributed by atoms with Crippen LogP contribution in [0, 0.1) is 20.8 Å². The molecular weight excluding hydrogens is 384 g/mol. The molecule has 2 N–H and O–H groups in total. The molecule has 29 heavy (non-hydrogen) atoms. The Labute approximate surface area is 171 Å². The molecule has 0 atom stereocenters. The van der Waals surface area contributed by atoms with E-state index in [2.05, 4.69) is 10.0 Å². The lowest BCUT2D eigenvalue weighted by atomic mass is 10.1. The number of benzene rings is 3. The smallest absolute Gasteiger partial charge is 0.262 e. The third-order valence-corrected chi connectivity index (χ3v) is 6.11. The number of anilines is 1. The Morgan fingerprint density at radius 1 is 0.862 bits per heavy atom. The Morgan fingerprint density at radius 3 is 2.28 bits per heavy atom. The highest BCUT2D eigenvalue weighted by Gasteiger charge is 2.19. The van der Waals surface area contributed by atoms with Crippen LogP contribution < -0.4 is 10.0 Å². The molecule has 0 saturated heterocycles. The zero-order valence-corrected chi connectivity index (χ0v) is 17.5. The van der Waals surface area contributed by atoms with Crippen LogP contribution in [-0.2, 0) is 16.6 Å². The van der Waals surface area contributed by atoms with E-state index in [0.717, 1.165) is 16.7 Å². The van der Waals surface area contributed by atoms with Crippen molar-refractivity contribution in [2.24, 2.45) is 0 Å². The Morgan fingerprint density at radius 2 is 1.59 bits per heavy atom. The SMILES string of the molecule is Cc1ccc(CNC(=O)c2ccc(C)c(S(=O)(=O)Nc3cccc(C)c3)c2)cc1. The molecule has 0 saturated carbocycles. The summed E-state index contributed by atoms with van der Waals surface area (Å²) in [6.45, 7) is 5.97. The number of aryl methyl sites for hydroxylation is 3. The molecule has 3 aromatic rings. The van der Waals surface area contributed by atoms with Crippen LogP contribution in [0.1, 0.15) is 32.6 Å². The van der Waals surface area contributed by atoms with Crippen molar-refractivity contribution in [2.45, 2.75) is 32.2 Å². The van der Waals surface area contributed by atoms with Gasteiger partial charge in [0.1, 0.15) is 0 Å². The Hall–Kier alpha value is -3.12. The van der Waals surface area contributed by atoms with Crippen LogP contribution in [-0.4, -0.2) is 14.3 Å². The highest BCUT2D eigenvalue weighted by molar-refractivity contribution is 7.92. The van der Waals surface area contributed by atoms with Crippen LogP contribution in [0.15, 0.2) is 71.6 Å². The summed E-state index contributed by atoms with van der Waals surface area (Å²) < 4.78 is 28.3. The maximum atomic E-state index is 12.9. The van der Waals surface area contributed by atoms with Crippen molar-refractivity contribution in [2.75, 3.05) is 4.72 Å². The van der Waals surface area contributed by atoms with E-state index in [0.29, 0.717) is 23.4 Å². The van der Waals surface area contributed by atoms with E-state index in [4.69, 9.17) is 0 Å².